The minimum atomic E-state index is -1.34. The molecule has 0 saturated heterocycles. The molecule has 0 unspecified atom stereocenters. The molecular formula is C19H25NO7. The number of hydrogen-bond donors (Lipinski definition) is 0. The number of carbonyl (C=O) groups is 3. The lowest BCUT2D eigenvalue weighted by atomic mass is 9.75. The number of non-ortho nitro benzene ring substituents is 1. The fourth-order valence-corrected chi connectivity index (χ4v) is 2.96. The minimum Gasteiger partial charge on any atom is -0.465 e. The van der Waals surface area contributed by atoms with Gasteiger partial charge in [0.05, 0.1) is 18.1 Å². The van der Waals surface area contributed by atoms with Gasteiger partial charge in [0, 0.05) is 30.4 Å². The topological polar surface area (TPSA) is 113 Å². The Morgan fingerprint density at radius 3 is 1.85 bits per heavy atom. The fraction of sp³-hybridized carbons (Fsp3) is 0.526. The molecule has 1 aromatic carbocycles. The zero-order chi connectivity index (χ0) is 20.6. The quantitative estimate of drug-likeness (QED) is 0.266. The summed E-state index contributed by atoms with van der Waals surface area (Å²) in [5.41, 5.74) is 0.330. The van der Waals surface area contributed by atoms with E-state index in [0.29, 0.717) is 5.56 Å². The third-order valence-electron chi connectivity index (χ3n) is 4.32. The Bertz CT molecular complexity index is 666. The molecule has 1 rings (SSSR count). The summed E-state index contributed by atoms with van der Waals surface area (Å²) in [6.07, 6.45) is 0.225. The Balaban J connectivity index is 3.46. The van der Waals surface area contributed by atoms with Crippen molar-refractivity contribution >= 4 is 23.4 Å². The molecule has 0 N–H and O–H groups in total. The van der Waals surface area contributed by atoms with Gasteiger partial charge < -0.3 is 9.47 Å². The van der Waals surface area contributed by atoms with E-state index in [0.717, 1.165) is 0 Å². The highest BCUT2D eigenvalue weighted by Crippen LogP contribution is 2.36. The average Bonchev–Trinajstić information content (AvgIpc) is 2.65. The van der Waals surface area contributed by atoms with Crippen molar-refractivity contribution in [1.82, 2.24) is 0 Å². The summed E-state index contributed by atoms with van der Waals surface area (Å²) in [6.45, 7) is 6.68. The van der Waals surface area contributed by atoms with Crippen molar-refractivity contribution in [1.29, 1.82) is 0 Å². The van der Waals surface area contributed by atoms with Gasteiger partial charge in [-0.3, -0.25) is 24.5 Å². The summed E-state index contributed by atoms with van der Waals surface area (Å²) >= 11 is 0. The summed E-state index contributed by atoms with van der Waals surface area (Å²) in [4.78, 5) is 47.7. The third-order valence-corrected chi connectivity index (χ3v) is 4.32. The van der Waals surface area contributed by atoms with Gasteiger partial charge in [-0.25, -0.2) is 0 Å². The van der Waals surface area contributed by atoms with Crippen LogP contribution in [0.1, 0.15) is 45.6 Å². The number of nitro groups is 1. The molecule has 8 nitrogen and oxygen atoms in total. The maximum Gasteiger partial charge on any atom is 0.320 e. The van der Waals surface area contributed by atoms with Crippen LogP contribution in [0.15, 0.2) is 24.3 Å². The molecule has 8 heteroatoms. The Morgan fingerprint density at radius 1 is 1.00 bits per heavy atom. The van der Waals surface area contributed by atoms with Crippen molar-refractivity contribution in [3.05, 3.63) is 39.9 Å². The van der Waals surface area contributed by atoms with Crippen LogP contribution in [0, 0.1) is 22.0 Å². The second-order valence-electron chi connectivity index (χ2n) is 5.96. The molecule has 2 atom stereocenters. The smallest absolute Gasteiger partial charge is 0.320 e. The number of hydrogen-bond acceptors (Lipinski definition) is 7. The van der Waals surface area contributed by atoms with Crippen LogP contribution in [0.3, 0.4) is 0 Å². The molecule has 0 heterocycles. The molecule has 27 heavy (non-hydrogen) atoms. The number of rotatable bonds is 10. The summed E-state index contributed by atoms with van der Waals surface area (Å²) in [7, 11) is 0. The highest BCUT2D eigenvalue weighted by Gasteiger charge is 2.43. The van der Waals surface area contributed by atoms with E-state index in [1.54, 1.807) is 27.7 Å². The van der Waals surface area contributed by atoms with Gasteiger partial charge in [0.15, 0.2) is 5.92 Å². The molecule has 0 aliphatic carbocycles. The minimum absolute atomic E-state index is 0.0673. The van der Waals surface area contributed by atoms with Crippen molar-refractivity contribution in [2.24, 2.45) is 11.8 Å². The lowest BCUT2D eigenvalue weighted by Crippen LogP contribution is -2.38. The molecule has 0 radical (unpaired) electrons. The Morgan fingerprint density at radius 2 is 1.48 bits per heavy atom. The number of ketones is 1. The Hall–Kier alpha value is -2.77. The predicted octanol–water partition coefficient (Wildman–Crippen LogP) is 3.04. The number of benzene rings is 1. The molecule has 0 fully saturated rings. The number of nitrogens with zero attached hydrogens (tertiary/aromatic N) is 1. The number of nitro benzene ring substituents is 1. The van der Waals surface area contributed by atoms with Gasteiger partial charge >= 0.3 is 11.9 Å². The molecule has 0 aliphatic heterocycles. The number of Topliss-reactive ketones (excluding diaryl/α,β-unsaturated/α-hetero) is 1. The Labute approximate surface area is 158 Å². The molecular weight excluding hydrogens is 354 g/mol. The predicted molar refractivity (Wildman–Crippen MR) is 97.1 cm³/mol. The van der Waals surface area contributed by atoms with Crippen LogP contribution < -0.4 is 0 Å². The summed E-state index contributed by atoms with van der Waals surface area (Å²) in [6, 6.07) is 5.46. The molecule has 0 aliphatic rings. The van der Waals surface area contributed by atoms with E-state index < -0.39 is 34.6 Å². The number of carbonyl (C=O) groups excluding carboxylic acids is 3. The van der Waals surface area contributed by atoms with Crippen LogP contribution in [0.25, 0.3) is 0 Å². The van der Waals surface area contributed by atoms with Crippen LogP contribution in [0.2, 0.25) is 0 Å². The number of esters is 2. The van der Waals surface area contributed by atoms with Gasteiger partial charge in [-0.05, 0) is 19.4 Å². The highest BCUT2D eigenvalue weighted by atomic mass is 16.6. The van der Waals surface area contributed by atoms with Crippen LogP contribution >= 0.6 is 0 Å². The van der Waals surface area contributed by atoms with Gasteiger partial charge in [-0.15, -0.1) is 0 Å². The van der Waals surface area contributed by atoms with E-state index in [-0.39, 0.29) is 31.1 Å². The van der Waals surface area contributed by atoms with Crippen LogP contribution in [-0.4, -0.2) is 35.9 Å². The first kappa shape index (κ1) is 22.3. The summed E-state index contributed by atoms with van der Waals surface area (Å²) in [5.74, 6) is -4.58. The Kier molecular flexibility index (Phi) is 8.58. The van der Waals surface area contributed by atoms with Crippen LogP contribution in [0.4, 0.5) is 5.69 Å². The lowest BCUT2D eigenvalue weighted by molar-refractivity contribution is -0.384. The largest absolute Gasteiger partial charge is 0.465 e. The van der Waals surface area contributed by atoms with E-state index in [1.807, 2.05) is 0 Å². The zero-order valence-electron chi connectivity index (χ0n) is 16.0. The van der Waals surface area contributed by atoms with Gasteiger partial charge in [0.2, 0.25) is 0 Å². The lowest BCUT2D eigenvalue weighted by Gasteiger charge is -2.28. The van der Waals surface area contributed by atoms with Crippen molar-refractivity contribution in [2.45, 2.75) is 40.0 Å². The van der Waals surface area contributed by atoms with Gasteiger partial charge in [-0.2, -0.15) is 0 Å². The summed E-state index contributed by atoms with van der Waals surface area (Å²) < 4.78 is 10.1. The summed E-state index contributed by atoms with van der Waals surface area (Å²) in [5, 5.41) is 10.9. The van der Waals surface area contributed by atoms with Crippen molar-refractivity contribution in [3.8, 4) is 0 Å². The van der Waals surface area contributed by atoms with E-state index in [1.165, 1.54) is 24.3 Å². The van der Waals surface area contributed by atoms with Crippen LogP contribution in [-0.2, 0) is 23.9 Å². The molecule has 1 aromatic rings. The van der Waals surface area contributed by atoms with E-state index in [9.17, 15) is 24.5 Å². The van der Waals surface area contributed by atoms with Crippen molar-refractivity contribution in [3.63, 3.8) is 0 Å². The normalized spacial score (nSPS) is 12.9. The second kappa shape index (κ2) is 10.4. The third kappa shape index (κ3) is 5.60. The molecule has 148 valence electrons. The molecule has 0 spiro atoms. The van der Waals surface area contributed by atoms with E-state index in [2.05, 4.69) is 0 Å². The maximum atomic E-state index is 12.5. The van der Waals surface area contributed by atoms with Gasteiger partial charge in [0.25, 0.3) is 5.69 Å². The fourth-order valence-electron chi connectivity index (χ4n) is 2.96. The van der Waals surface area contributed by atoms with Gasteiger partial charge in [-0.1, -0.05) is 26.0 Å². The van der Waals surface area contributed by atoms with E-state index >= 15 is 0 Å². The number of ether oxygens (including phenoxy) is 2. The first-order valence-electron chi connectivity index (χ1n) is 8.88. The van der Waals surface area contributed by atoms with E-state index in [4.69, 9.17) is 9.47 Å². The first-order valence-corrected chi connectivity index (χ1v) is 8.88. The molecule has 0 amide bonds. The second-order valence-corrected chi connectivity index (χ2v) is 5.96. The molecule has 0 saturated carbocycles. The van der Waals surface area contributed by atoms with Crippen LogP contribution in [0.5, 0.6) is 0 Å². The van der Waals surface area contributed by atoms with Crippen molar-refractivity contribution in [2.75, 3.05) is 13.2 Å². The molecule has 0 aromatic heterocycles. The van der Waals surface area contributed by atoms with Crippen molar-refractivity contribution < 1.29 is 28.8 Å². The monoisotopic (exact) mass is 379 g/mol. The maximum absolute atomic E-state index is 12.5. The first-order chi connectivity index (χ1) is 12.8. The SMILES string of the molecule is CCOC(=O)C(C(=O)OCC)[C@@H](c1ccc([N+](=O)[O-])cc1)[C@H](C)C(=O)CC. The molecule has 0 bridgehead atoms. The standard InChI is InChI=1S/C19H25NO7/c1-5-15(21)12(4)16(13-8-10-14(11-9-13)20(24)25)17(18(22)26-6-2)19(23)27-7-3/h8-12,16-17H,5-7H2,1-4H3/t12-,16-/m1/s1. The zero-order valence-corrected chi connectivity index (χ0v) is 16.0. The van der Waals surface area contributed by atoms with Gasteiger partial charge in [0.1, 0.15) is 5.78 Å². The average molecular weight is 379 g/mol. The highest BCUT2D eigenvalue weighted by molar-refractivity contribution is 5.97.